The molecule has 0 aliphatic rings. The largest absolute Gasteiger partial charge is 0.254 e. The Hall–Kier alpha value is -6.07. The van der Waals surface area contributed by atoms with Crippen molar-refractivity contribution in [3.05, 3.63) is 152 Å². The number of pyridine rings is 2. The molecule has 0 aliphatic carbocycles. The minimum Gasteiger partial charge on any atom is -0.254 e. The quantitative estimate of drug-likeness (QED) is 0.195. The summed E-state index contributed by atoms with van der Waals surface area (Å²) in [6, 6.07) is 49.4. The summed E-state index contributed by atoms with van der Waals surface area (Å²) < 4.78 is 0. The van der Waals surface area contributed by atoms with E-state index in [-0.39, 0.29) is 0 Å². The van der Waals surface area contributed by atoms with Gasteiger partial charge < -0.3 is 0 Å². The smallest absolute Gasteiger partial charge is 0.164 e. The molecule has 0 radical (unpaired) electrons. The van der Waals surface area contributed by atoms with Crippen LogP contribution in [0.5, 0.6) is 0 Å². The molecule has 0 bridgehead atoms. The molecule has 0 unspecified atom stereocenters. The second-order valence-electron chi connectivity index (χ2n) is 10.6. The zero-order valence-electron chi connectivity index (χ0n) is 23.7. The topological polar surface area (TPSA) is 64.5 Å². The van der Waals surface area contributed by atoms with Crippen LogP contribution in [0.1, 0.15) is 0 Å². The van der Waals surface area contributed by atoms with Crippen LogP contribution in [0.4, 0.5) is 0 Å². The molecule has 0 saturated heterocycles. The standard InChI is InChI=1S/C39H25N5/c1-3-9-30(10-4-1)37-42-38(31-11-5-2-6-12-31)44-39(43-37)33-14-7-13-32(25-33)26-16-18-27(19-17-26)34-23-22-29-21-20-28-15-8-24-40-35(28)36(29)41-34/h1-25H. The minimum absolute atomic E-state index is 0.636. The van der Waals surface area contributed by atoms with Crippen LogP contribution in [-0.2, 0) is 0 Å². The highest BCUT2D eigenvalue weighted by Crippen LogP contribution is 2.30. The van der Waals surface area contributed by atoms with E-state index in [1.165, 1.54) is 0 Å². The van der Waals surface area contributed by atoms with E-state index < -0.39 is 0 Å². The molecule has 0 amide bonds. The number of nitrogens with zero attached hydrogens (tertiary/aromatic N) is 5. The van der Waals surface area contributed by atoms with E-state index in [9.17, 15) is 0 Å². The van der Waals surface area contributed by atoms with Gasteiger partial charge in [0.05, 0.1) is 16.7 Å². The lowest BCUT2D eigenvalue weighted by molar-refractivity contribution is 1.07. The predicted molar refractivity (Wildman–Crippen MR) is 178 cm³/mol. The van der Waals surface area contributed by atoms with Crippen molar-refractivity contribution < 1.29 is 0 Å². The SMILES string of the molecule is c1ccc(-c2nc(-c3ccccc3)nc(-c3cccc(-c4ccc(-c5ccc6ccc7cccnc7c6n5)cc4)c3)n2)cc1. The summed E-state index contributed by atoms with van der Waals surface area (Å²) in [6.45, 7) is 0. The fourth-order valence-electron chi connectivity index (χ4n) is 5.49. The molecule has 3 aromatic heterocycles. The zero-order chi connectivity index (χ0) is 29.3. The van der Waals surface area contributed by atoms with Gasteiger partial charge in [-0.05, 0) is 29.3 Å². The zero-order valence-corrected chi connectivity index (χ0v) is 23.7. The maximum absolute atomic E-state index is 5.01. The lowest BCUT2D eigenvalue weighted by Crippen LogP contribution is -2.00. The maximum Gasteiger partial charge on any atom is 0.164 e. The molecule has 3 heterocycles. The number of rotatable bonds is 5. The average molecular weight is 564 g/mol. The maximum atomic E-state index is 5.01. The lowest BCUT2D eigenvalue weighted by Gasteiger charge is -2.10. The molecule has 0 aliphatic heterocycles. The Kier molecular flexibility index (Phi) is 6.39. The van der Waals surface area contributed by atoms with Crippen molar-refractivity contribution >= 4 is 21.8 Å². The highest BCUT2D eigenvalue weighted by atomic mass is 15.0. The fraction of sp³-hybridized carbons (Fsp3) is 0. The van der Waals surface area contributed by atoms with Gasteiger partial charge in [0.2, 0.25) is 0 Å². The Morgan fingerprint density at radius 2 is 0.864 bits per heavy atom. The first-order valence-corrected chi connectivity index (χ1v) is 14.5. The molecule has 0 saturated carbocycles. The van der Waals surface area contributed by atoms with Gasteiger partial charge in [-0.2, -0.15) is 0 Å². The molecule has 5 heteroatoms. The van der Waals surface area contributed by atoms with Gasteiger partial charge in [0.1, 0.15) is 0 Å². The van der Waals surface area contributed by atoms with Crippen molar-refractivity contribution in [2.24, 2.45) is 0 Å². The van der Waals surface area contributed by atoms with E-state index in [1.54, 1.807) is 0 Å². The van der Waals surface area contributed by atoms with Crippen LogP contribution in [0.3, 0.4) is 0 Å². The Labute approximate surface area is 254 Å². The summed E-state index contributed by atoms with van der Waals surface area (Å²) in [5.74, 6) is 1.93. The van der Waals surface area contributed by atoms with Gasteiger partial charge in [0, 0.05) is 39.2 Å². The minimum atomic E-state index is 0.636. The number of hydrogen-bond acceptors (Lipinski definition) is 5. The summed E-state index contributed by atoms with van der Waals surface area (Å²) in [7, 11) is 0. The van der Waals surface area contributed by atoms with E-state index in [2.05, 4.69) is 77.8 Å². The van der Waals surface area contributed by atoms with Crippen LogP contribution in [0, 0.1) is 0 Å². The molecule has 0 atom stereocenters. The first-order valence-electron chi connectivity index (χ1n) is 14.5. The summed E-state index contributed by atoms with van der Waals surface area (Å²) in [4.78, 5) is 24.2. The van der Waals surface area contributed by atoms with Crippen molar-refractivity contribution in [1.29, 1.82) is 0 Å². The van der Waals surface area contributed by atoms with E-state index in [0.717, 1.165) is 60.9 Å². The van der Waals surface area contributed by atoms with Crippen molar-refractivity contribution in [3.63, 3.8) is 0 Å². The third-order valence-corrected chi connectivity index (χ3v) is 7.77. The number of hydrogen-bond donors (Lipinski definition) is 0. The van der Waals surface area contributed by atoms with Crippen LogP contribution >= 0.6 is 0 Å². The Bertz CT molecular complexity index is 2210. The van der Waals surface area contributed by atoms with Crippen molar-refractivity contribution in [1.82, 2.24) is 24.9 Å². The van der Waals surface area contributed by atoms with Gasteiger partial charge >= 0.3 is 0 Å². The molecule has 206 valence electrons. The average Bonchev–Trinajstić information content (AvgIpc) is 3.12. The highest BCUT2D eigenvalue weighted by molar-refractivity contribution is 6.03. The Balaban J connectivity index is 1.16. The number of fused-ring (bicyclic) bond motifs is 3. The molecule has 5 nitrogen and oxygen atoms in total. The van der Waals surface area contributed by atoms with E-state index in [0.29, 0.717) is 17.5 Å². The van der Waals surface area contributed by atoms with Crippen LogP contribution in [0.25, 0.3) is 78.4 Å². The first-order chi connectivity index (χ1) is 21.8. The predicted octanol–water partition coefficient (Wildman–Crippen LogP) is 9.30. The van der Waals surface area contributed by atoms with Crippen LogP contribution in [0.2, 0.25) is 0 Å². The normalized spacial score (nSPS) is 11.2. The summed E-state index contributed by atoms with van der Waals surface area (Å²) >= 11 is 0. The van der Waals surface area contributed by atoms with Crippen molar-refractivity contribution in [3.8, 4) is 56.5 Å². The van der Waals surface area contributed by atoms with E-state index >= 15 is 0 Å². The Morgan fingerprint density at radius 3 is 1.55 bits per heavy atom. The Morgan fingerprint density at radius 1 is 0.318 bits per heavy atom. The highest BCUT2D eigenvalue weighted by Gasteiger charge is 2.13. The third-order valence-electron chi connectivity index (χ3n) is 7.77. The summed E-state index contributed by atoms with van der Waals surface area (Å²) in [5, 5.41) is 2.17. The van der Waals surface area contributed by atoms with Gasteiger partial charge in [-0.1, -0.05) is 127 Å². The third kappa shape index (κ3) is 4.86. The van der Waals surface area contributed by atoms with Crippen LogP contribution in [-0.4, -0.2) is 24.9 Å². The monoisotopic (exact) mass is 563 g/mol. The van der Waals surface area contributed by atoms with Crippen molar-refractivity contribution in [2.75, 3.05) is 0 Å². The molecule has 0 N–H and O–H groups in total. The molecule has 44 heavy (non-hydrogen) atoms. The van der Waals surface area contributed by atoms with Crippen LogP contribution < -0.4 is 0 Å². The second-order valence-corrected chi connectivity index (χ2v) is 10.6. The molecule has 8 rings (SSSR count). The lowest BCUT2D eigenvalue weighted by atomic mass is 10.00. The van der Waals surface area contributed by atoms with Crippen LogP contribution in [0.15, 0.2) is 152 Å². The number of benzene rings is 5. The van der Waals surface area contributed by atoms with Gasteiger partial charge in [-0.25, -0.2) is 19.9 Å². The molecule has 0 spiro atoms. The second kappa shape index (κ2) is 11.0. The van der Waals surface area contributed by atoms with E-state index in [1.807, 2.05) is 79.0 Å². The van der Waals surface area contributed by atoms with Gasteiger partial charge in [0.25, 0.3) is 0 Å². The molecule has 5 aromatic carbocycles. The van der Waals surface area contributed by atoms with E-state index in [4.69, 9.17) is 19.9 Å². The van der Waals surface area contributed by atoms with Gasteiger partial charge in [0.15, 0.2) is 17.5 Å². The summed E-state index contributed by atoms with van der Waals surface area (Å²) in [5.41, 5.74) is 8.82. The fourth-order valence-corrected chi connectivity index (χ4v) is 5.49. The number of aromatic nitrogens is 5. The molecular weight excluding hydrogens is 538 g/mol. The van der Waals surface area contributed by atoms with Gasteiger partial charge in [-0.15, -0.1) is 0 Å². The molecule has 0 fully saturated rings. The first kappa shape index (κ1) is 25.6. The van der Waals surface area contributed by atoms with Gasteiger partial charge in [-0.3, -0.25) is 4.98 Å². The summed E-state index contributed by atoms with van der Waals surface area (Å²) in [6.07, 6.45) is 1.82. The molecular formula is C39H25N5. The molecule has 8 aromatic rings. The van der Waals surface area contributed by atoms with Crippen molar-refractivity contribution in [2.45, 2.75) is 0 Å².